The average Bonchev–Trinajstić information content (AvgIpc) is 2.89. The van der Waals surface area contributed by atoms with Crippen LogP contribution in [0.25, 0.3) is 0 Å². The van der Waals surface area contributed by atoms with Crippen molar-refractivity contribution < 1.29 is 23.1 Å². The van der Waals surface area contributed by atoms with Gasteiger partial charge in [0.2, 0.25) is 10.0 Å². The third-order valence-corrected chi connectivity index (χ3v) is 6.79. The van der Waals surface area contributed by atoms with Crippen LogP contribution in [0.15, 0.2) is 0 Å². The molecule has 0 bridgehead atoms. The van der Waals surface area contributed by atoms with Crippen LogP contribution in [-0.2, 0) is 19.6 Å². The first-order valence-corrected chi connectivity index (χ1v) is 8.69. The van der Waals surface area contributed by atoms with Crippen LogP contribution in [-0.4, -0.2) is 55.9 Å². The minimum atomic E-state index is -3.52. The van der Waals surface area contributed by atoms with Crippen LogP contribution >= 0.6 is 0 Å². The third-order valence-electron chi connectivity index (χ3n) is 4.44. The molecule has 2 fully saturated rings. The lowest BCUT2D eigenvalue weighted by Crippen LogP contribution is -2.42. The molecule has 0 spiro atoms. The number of carboxylic acid groups (broad SMARTS) is 1. The number of carboxylic acids is 1. The second-order valence-electron chi connectivity index (χ2n) is 5.80. The Balaban J connectivity index is 2.02. The van der Waals surface area contributed by atoms with Crippen molar-refractivity contribution in [1.82, 2.24) is 4.31 Å². The lowest BCUT2D eigenvalue weighted by Gasteiger charge is -2.29. The van der Waals surface area contributed by atoms with Gasteiger partial charge >= 0.3 is 5.97 Å². The topological polar surface area (TPSA) is 83.9 Å². The minimum Gasteiger partial charge on any atom is -0.481 e. The Bertz CT molecular complexity index is 444. The van der Waals surface area contributed by atoms with Crippen LogP contribution in [0.5, 0.6) is 0 Å². The molecular formula is C13H23NO5S. The monoisotopic (exact) mass is 305 g/mol. The molecule has 0 aromatic heterocycles. The molecule has 1 saturated carbocycles. The maximum atomic E-state index is 12.6. The molecule has 0 radical (unpaired) electrons. The zero-order valence-electron chi connectivity index (χ0n) is 11.8. The van der Waals surface area contributed by atoms with Gasteiger partial charge in [-0.1, -0.05) is 6.42 Å². The molecule has 2 atom stereocenters. The summed E-state index contributed by atoms with van der Waals surface area (Å²) in [5.74, 6) is -1.43. The van der Waals surface area contributed by atoms with Crippen molar-refractivity contribution in [3.63, 3.8) is 0 Å². The van der Waals surface area contributed by atoms with Crippen molar-refractivity contribution in [2.45, 2.75) is 37.4 Å². The average molecular weight is 305 g/mol. The van der Waals surface area contributed by atoms with Crippen molar-refractivity contribution in [3.8, 4) is 0 Å². The Morgan fingerprint density at radius 3 is 2.50 bits per heavy atom. The van der Waals surface area contributed by atoms with Crippen molar-refractivity contribution >= 4 is 16.0 Å². The number of rotatable bonds is 5. The summed E-state index contributed by atoms with van der Waals surface area (Å²) in [6, 6.07) is 0. The fraction of sp³-hybridized carbons (Fsp3) is 0.923. The predicted octanol–water partition coefficient (Wildman–Crippen LogP) is 0.928. The van der Waals surface area contributed by atoms with Gasteiger partial charge in [-0.2, -0.15) is 0 Å². The van der Waals surface area contributed by atoms with E-state index in [1.165, 1.54) is 4.31 Å². The summed E-state index contributed by atoms with van der Waals surface area (Å²) < 4.78 is 31.7. The number of sulfonamides is 1. The summed E-state index contributed by atoms with van der Waals surface area (Å²) in [4.78, 5) is 11.2. The van der Waals surface area contributed by atoms with Gasteiger partial charge in [0.25, 0.3) is 0 Å². The van der Waals surface area contributed by atoms with E-state index in [4.69, 9.17) is 9.84 Å². The molecule has 2 unspecified atom stereocenters. The Morgan fingerprint density at radius 1 is 1.25 bits per heavy atom. The van der Waals surface area contributed by atoms with Gasteiger partial charge in [0.05, 0.1) is 11.2 Å². The van der Waals surface area contributed by atoms with Crippen LogP contribution < -0.4 is 0 Å². The molecule has 2 rings (SSSR count). The summed E-state index contributed by atoms with van der Waals surface area (Å²) in [6.07, 6.45) is 3.33. The van der Waals surface area contributed by atoms with E-state index in [-0.39, 0.29) is 0 Å². The molecule has 1 aliphatic heterocycles. The van der Waals surface area contributed by atoms with Crippen LogP contribution in [0, 0.1) is 11.8 Å². The molecule has 7 heteroatoms. The molecule has 116 valence electrons. The molecule has 20 heavy (non-hydrogen) atoms. The van der Waals surface area contributed by atoms with Gasteiger partial charge in [0.15, 0.2) is 0 Å². The molecular weight excluding hydrogens is 282 g/mol. The summed E-state index contributed by atoms with van der Waals surface area (Å²) in [6.45, 7) is 1.83. The number of nitrogens with zero attached hydrogens (tertiary/aromatic N) is 1. The fourth-order valence-electron chi connectivity index (χ4n) is 3.19. The van der Waals surface area contributed by atoms with Crippen LogP contribution in [0.4, 0.5) is 0 Å². The molecule has 1 N–H and O–H groups in total. The van der Waals surface area contributed by atoms with E-state index in [0.717, 1.165) is 12.8 Å². The van der Waals surface area contributed by atoms with E-state index in [0.29, 0.717) is 44.9 Å². The first-order chi connectivity index (χ1) is 9.43. The van der Waals surface area contributed by atoms with Crippen molar-refractivity contribution in [2.24, 2.45) is 11.8 Å². The minimum absolute atomic E-state index is 0.313. The maximum Gasteiger partial charge on any atom is 0.307 e. The normalized spacial score (nSPS) is 28.9. The van der Waals surface area contributed by atoms with Gasteiger partial charge in [0, 0.05) is 26.8 Å². The molecule has 1 aliphatic carbocycles. The maximum absolute atomic E-state index is 12.6. The van der Waals surface area contributed by atoms with Crippen molar-refractivity contribution in [1.29, 1.82) is 0 Å². The lowest BCUT2D eigenvalue weighted by molar-refractivity contribution is -0.141. The van der Waals surface area contributed by atoms with Crippen LogP contribution in [0.3, 0.4) is 0 Å². The fourth-order valence-corrected chi connectivity index (χ4v) is 5.21. The first-order valence-electron chi connectivity index (χ1n) is 7.18. The van der Waals surface area contributed by atoms with Crippen LogP contribution in [0.1, 0.15) is 32.1 Å². The number of ether oxygens (including phenoxy) is 1. The number of aliphatic carboxylic acids is 1. The smallest absolute Gasteiger partial charge is 0.307 e. The third kappa shape index (κ3) is 3.32. The molecule has 6 nitrogen and oxygen atoms in total. The van der Waals surface area contributed by atoms with Gasteiger partial charge in [-0.3, -0.25) is 4.79 Å². The summed E-state index contributed by atoms with van der Waals surface area (Å²) in [5.41, 5.74) is 0. The quantitative estimate of drug-likeness (QED) is 0.817. The van der Waals surface area contributed by atoms with Gasteiger partial charge < -0.3 is 9.84 Å². The van der Waals surface area contributed by atoms with E-state index in [2.05, 4.69) is 0 Å². The van der Waals surface area contributed by atoms with E-state index >= 15 is 0 Å². The first kappa shape index (κ1) is 15.7. The van der Waals surface area contributed by atoms with E-state index in [9.17, 15) is 13.2 Å². The number of carbonyl (C=O) groups is 1. The van der Waals surface area contributed by atoms with Gasteiger partial charge in [-0.05, 0) is 31.6 Å². The molecule has 0 aromatic carbocycles. The largest absolute Gasteiger partial charge is 0.481 e. The molecule has 0 amide bonds. The molecule has 0 aromatic rings. The summed E-state index contributed by atoms with van der Waals surface area (Å²) in [7, 11) is -1.95. The van der Waals surface area contributed by atoms with Gasteiger partial charge in [-0.15, -0.1) is 0 Å². The molecule has 2 aliphatic rings. The number of hydrogen-bond acceptors (Lipinski definition) is 4. The highest BCUT2D eigenvalue weighted by atomic mass is 32.2. The van der Waals surface area contributed by atoms with E-state index in [1.807, 2.05) is 0 Å². The molecule has 1 heterocycles. The van der Waals surface area contributed by atoms with Crippen molar-refractivity contribution in [3.05, 3.63) is 0 Å². The molecule has 1 saturated heterocycles. The van der Waals surface area contributed by atoms with Gasteiger partial charge in [0.1, 0.15) is 0 Å². The highest BCUT2D eigenvalue weighted by Gasteiger charge is 2.43. The Labute approximate surface area is 120 Å². The van der Waals surface area contributed by atoms with E-state index in [1.54, 1.807) is 7.05 Å². The van der Waals surface area contributed by atoms with Gasteiger partial charge in [-0.25, -0.2) is 12.7 Å². The zero-order chi connectivity index (χ0) is 14.8. The highest BCUT2D eigenvalue weighted by molar-refractivity contribution is 7.89. The van der Waals surface area contributed by atoms with Crippen molar-refractivity contribution in [2.75, 3.05) is 26.8 Å². The summed E-state index contributed by atoms with van der Waals surface area (Å²) in [5, 5.41) is 8.39. The number of hydrogen-bond donors (Lipinski definition) is 1. The standard InChI is InChI=1S/C13H23NO5S/c1-14(9-10-5-7-19-8-6-10)20(17,18)12-4-2-3-11(12)13(15)16/h10-12H,2-9H2,1H3,(H,15,16). The lowest BCUT2D eigenvalue weighted by atomic mass is 10.0. The summed E-state index contributed by atoms with van der Waals surface area (Å²) >= 11 is 0. The highest BCUT2D eigenvalue weighted by Crippen LogP contribution is 2.33. The Kier molecular flexibility index (Phi) is 5.04. The predicted molar refractivity (Wildman–Crippen MR) is 73.9 cm³/mol. The van der Waals surface area contributed by atoms with E-state index < -0.39 is 27.2 Å². The second kappa shape index (κ2) is 6.41. The second-order valence-corrected chi connectivity index (χ2v) is 8.05. The van der Waals surface area contributed by atoms with Crippen LogP contribution in [0.2, 0.25) is 0 Å². The zero-order valence-corrected chi connectivity index (χ0v) is 12.6. The SMILES string of the molecule is CN(CC1CCOCC1)S(=O)(=O)C1CCCC1C(=O)O. The Morgan fingerprint density at radius 2 is 1.90 bits per heavy atom. The Hall–Kier alpha value is -0.660.